The number of carbonyl (C=O) groups is 2. The lowest BCUT2D eigenvalue weighted by atomic mass is 9.90. The minimum Gasteiger partial charge on any atom is -0.497 e. The SMILES string of the molecule is CCNC(=O)C1=C(c2ccc(F)cc2)c2cc(OC)ccc2OC1.COc1ccc2c(c1)C(c1ccc(F)cc1)=C(C(=O)N1CCCC1)CO2. The number of methoxy groups -OCH3 is 2. The molecule has 50 heavy (non-hydrogen) atoms. The van der Waals surface area contributed by atoms with Crippen molar-refractivity contribution in [2.45, 2.75) is 19.8 Å². The maximum Gasteiger partial charge on any atom is 0.253 e. The number of benzene rings is 4. The van der Waals surface area contributed by atoms with Crippen LogP contribution in [0.5, 0.6) is 23.0 Å². The van der Waals surface area contributed by atoms with E-state index < -0.39 is 0 Å². The highest BCUT2D eigenvalue weighted by Gasteiger charge is 2.31. The van der Waals surface area contributed by atoms with Gasteiger partial charge in [-0.15, -0.1) is 0 Å². The van der Waals surface area contributed by atoms with Crippen molar-refractivity contribution in [1.29, 1.82) is 0 Å². The normalized spacial score (nSPS) is 14.8. The predicted molar refractivity (Wildman–Crippen MR) is 186 cm³/mol. The molecule has 0 radical (unpaired) electrons. The number of nitrogens with zero attached hydrogens (tertiary/aromatic N) is 1. The van der Waals surface area contributed by atoms with Crippen molar-refractivity contribution in [3.63, 3.8) is 0 Å². The van der Waals surface area contributed by atoms with E-state index in [1.807, 2.05) is 42.2 Å². The van der Waals surface area contributed by atoms with E-state index >= 15 is 0 Å². The number of rotatable bonds is 7. The molecule has 0 spiro atoms. The molecule has 0 aliphatic carbocycles. The Labute approximate surface area is 289 Å². The molecular formula is C40H38F2N2O6. The maximum absolute atomic E-state index is 13.4. The minimum atomic E-state index is -0.322. The van der Waals surface area contributed by atoms with Crippen molar-refractivity contribution in [2.75, 3.05) is 47.1 Å². The Bertz CT molecular complexity index is 1950. The molecule has 1 fully saturated rings. The fraction of sp³-hybridized carbons (Fsp3) is 0.250. The number of halogens is 2. The first-order valence-electron chi connectivity index (χ1n) is 16.5. The zero-order valence-corrected chi connectivity index (χ0v) is 28.2. The molecule has 0 saturated carbocycles. The van der Waals surface area contributed by atoms with Crippen LogP contribution in [0.2, 0.25) is 0 Å². The summed E-state index contributed by atoms with van der Waals surface area (Å²) in [5.74, 6) is 1.89. The summed E-state index contributed by atoms with van der Waals surface area (Å²) in [6.07, 6.45) is 2.05. The molecule has 0 atom stereocenters. The van der Waals surface area contributed by atoms with Crippen LogP contribution in [0, 0.1) is 11.6 Å². The van der Waals surface area contributed by atoms with Crippen molar-refractivity contribution in [1.82, 2.24) is 10.2 Å². The Kier molecular flexibility index (Phi) is 10.5. The van der Waals surface area contributed by atoms with Gasteiger partial charge < -0.3 is 29.2 Å². The van der Waals surface area contributed by atoms with Crippen LogP contribution in [0.4, 0.5) is 8.78 Å². The van der Waals surface area contributed by atoms with E-state index in [-0.39, 0.29) is 36.7 Å². The molecule has 0 bridgehead atoms. The molecule has 4 aromatic carbocycles. The summed E-state index contributed by atoms with van der Waals surface area (Å²) in [6.45, 7) is 4.29. The first-order valence-corrected chi connectivity index (χ1v) is 16.5. The molecule has 3 aliphatic heterocycles. The van der Waals surface area contributed by atoms with Gasteiger partial charge in [-0.1, -0.05) is 24.3 Å². The van der Waals surface area contributed by atoms with Gasteiger partial charge in [0.2, 0.25) is 0 Å². The Morgan fingerprint density at radius 2 is 1.16 bits per heavy atom. The highest BCUT2D eigenvalue weighted by molar-refractivity contribution is 6.07. The maximum atomic E-state index is 13.4. The molecule has 3 aliphatic rings. The van der Waals surface area contributed by atoms with Crippen LogP contribution >= 0.6 is 0 Å². The van der Waals surface area contributed by atoms with E-state index in [4.69, 9.17) is 18.9 Å². The van der Waals surface area contributed by atoms with Crippen molar-refractivity contribution < 1.29 is 37.3 Å². The van der Waals surface area contributed by atoms with E-state index in [0.29, 0.717) is 40.7 Å². The van der Waals surface area contributed by atoms with Crippen LogP contribution in [-0.4, -0.2) is 63.8 Å². The van der Waals surface area contributed by atoms with Gasteiger partial charge in [-0.3, -0.25) is 9.59 Å². The molecule has 7 rings (SSSR count). The Balaban J connectivity index is 0.000000174. The summed E-state index contributed by atoms with van der Waals surface area (Å²) in [6, 6.07) is 23.3. The average Bonchev–Trinajstić information content (AvgIpc) is 3.70. The Morgan fingerprint density at radius 1 is 0.700 bits per heavy atom. The lowest BCUT2D eigenvalue weighted by molar-refractivity contribution is -0.126. The molecular weight excluding hydrogens is 642 g/mol. The zero-order chi connectivity index (χ0) is 35.2. The topological polar surface area (TPSA) is 86.3 Å². The molecule has 1 N–H and O–H groups in total. The van der Waals surface area contributed by atoms with Gasteiger partial charge in [-0.25, -0.2) is 8.78 Å². The Morgan fingerprint density at radius 3 is 1.62 bits per heavy atom. The second kappa shape index (κ2) is 15.3. The lowest BCUT2D eigenvalue weighted by Gasteiger charge is -2.27. The molecule has 4 aromatic rings. The van der Waals surface area contributed by atoms with Gasteiger partial charge in [0.25, 0.3) is 11.8 Å². The number of amides is 2. The third-order valence-electron chi connectivity index (χ3n) is 8.79. The molecule has 258 valence electrons. The van der Waals surface area contributed by atoms with E-state index in [9.17, 15) is 18.4 Å². The van der Waals surface area contributed by atoms with Crippen LogP contribution in [0.3, 0.4) is 0 Å². The highest BCUT2D eigenvalue weighted by atomic mass is 19.1. The number of hydrogen-bond acceptors (Lipinski definition) is 6. The van der Waals surface area contributed by atoms with Crippen molar-refractivity contribution in [3.8, 4) is 23.0 Å². The van der Waals surface area contributed by atoms with E-state index in [2.05, 4.69) is 5.32 Å². The van der Waals surface area contributed by atoms with Gasteiger partial charge in [0.15, 0.2) is 0 Å². The summed E-state index contributed by atoms with van der Waals surface area (Å²) in [5.41, 5.74) is 5.77. The molecule has 0 unspecified atom stereocenters. The molecule has 1 saturated heterocycles. The number of hydrogen-bond donors (Lipinski definition) is 1. The van der Waals surface area contributed by atoms with Gasteiger partial charge in [0, 0.05) is 41.9 Å². The highest BCUT2D eigenvalue weighted by Crippen LogP contribution is 2.41. The lowest BCUT2D eigenvalue weighted by Crippen LogP contribution is -2.33. The molecule has 3 heterocycles. The summed E-state index contributed by atoms with van der Waals surface area (Å²) in [7, 11) is 3.18. The molecule has 8 nitrogen and oxygen atoms in total. The van der Waals surface area contributed by atoms with Gasteiger partial charge in [0.1, 0.15) is 47.8 Å². The number of nitrogens with one attached hydrogen (secondary N) is 1. The number of carbonyl (C=O) groups excluding carboxylic acids is 2. The number of likely N-dealkylation sites (N-methyl/N-ethyl adjacent to an activating group) is 1. The van der Waals surface area contributed by atoms with Gasteiger partial charge in [-0.2, -0.15) is 0 Å². The van der Waals surface area contributed by atoms with E-state index in [1.54, 1.807) is 44.6 Å². The largest absolute Gasteiger partial charge is 0.497 e. The smallest absolute Gasteiger partial charge is 0.253 e. The van der Waals surface area contributed by atoms with Crippen molar-refractivity contribution in [2.24, 2.45) is 0 Å². The quantitative estimate of drug-likeness (QED) is 0.231. The fourth-order valence-corrected chi connectivity index (χ4v) is 6.30. The first-order chi connectivity index (χ1) is 24.3. The molecule has 0 aromatic heterocycles. The summed E-state index contributed by atoms with van der Waals surface area (Å²) >= 11 is 0. The second-order valence-electron chi connectivity index (χ2n) is 11.9. The number of ether oxygens (including phenoxy) is 4. The summed E-state index contributed by atoms with van der Waals surface area (Å²) in [4.78, 5) is 27.4. The van der Waals surface area contributed by atoms with Crippen LogP contribution in [0.1, 0.15) is 42.0 Å². The Hall–Kier alpha value is -5.64. The monoisotopic (exact) mass is 680 g/mol. The second-order valence-corrected chi connectivity index (χ2v) is 11.9. The van der Waals surface area contributed by atoms with Crippen LogP contribution in [0.15, 0.2) is 96.1 Å². The standard InChI is InChI=1S/C21H20FNO3.C19H18FNO3/c1-25-16-8-9-19-17(12-16)20(14-4-6-15(22)7-5-14)18(13-26-19)21(24)23-10-2-3-11-23;1-3-21-19(22)16-11-24-17-9-8-14(23-2)10-15(17)18(16)12-4-6-13(20)7-5-12/h4-9,12H,2-3,10-11,13H2,1H3;4-10H,3,11H2,1-2H3,(H,21,22). The third-order valence-corrected chi connectivity index (χ3v) is 8.79. The first kappa shape index (κ1) is 34.2. The predicted octanol–water partition coefficient (Wildman–Crippen LogP) is 6.82. The van der Waals surface area contributed by atoms with Crippen molar-refractivity contribution in [3.05, 3.63) is 130 Å². The third kappa shape index (κ3) is 7.19. The van der Waals surface area contributed by atoms with Crippen LogP contribution in [0.25, 0.3) is 11.1 Å². The summed E-state index contributed by atoms with van der Waals surface area (Å²) in [5, 5.41) is 2.80. The minimum absolute atomic E-state index is 0.00436. The molecule has 2 amide bonds. The number of fused-ring (bicyclic) bond motifs is 2. The van der Waals surface area contributed by atoms with E-state index in [0.717, 1.165) is 59.3 Å². The summed E-state index contributed by atoms with van der Waals surface area (Å²) < 4.78 is 49.0. The number of likely N-dealkylation sites (tertiary alicyclic amines) is 1. The van der Waals surface area contributed by atoms with Crippen molar-refractivity contribution >= 4 is 23.0 Å². The fourth-order valence-electron chi connectivity index (χ4n) is 6.30. The van der Waals surface area contributed by atoms with Crippen LogP contribution < -0.4 is 24.3 Å². The van der Waals surface area contributed by atoms with Gasteiger partial charge in [-0.05, 0) is 91.6 Å². The average molecular weight is 681 g/mol. The zero-order valence-electron chi connectivity index (χ0n) is 28.2. The van der Waals surface area contributed by atoms with Gasteiger partial charge in [0.05, 0.1) is 25.4 Å². The molecule has 10 heteroatoms. The van der Waals surface area contributed by atoms with Gasteiger partial charge >= 0.3 is 0 Å². The van der Waals surface area contributed by atoms with Crippen LogP contribution in [-0.2, 0) is 9.59 Å². The van der Waals surface area contributed by atoms with E-state index in [1.165, 1.54) is 24.3 Å².